The molecule has 0 spiro atoms. The van der Waals surface area contributed by atoms with E-state index in [-0.39, 0.29) is 5.75 Å². The summed E-state index contributed by atoms with van der Waals surface area (Å²) in [5, 5.41) is 31.6. The first-order valence-corrected chi connectivity index (χ1v) is 8.67. The highest BCUT2D eigenvalue weighted by atomic mass is 16.3. The number of phenolic OH excluding ortho intramolecular Hbond substituents is 2. The van der Waals surface area contributed by atoms with Gasteiger partial charge >= 0.3 is 0 Å². The average molecular weight is 334 g/mol. The Bertz CT molecular complexity index is 1500. The summed E-state index contributed by atoms with van der Waals surface area (Å²) < 4.78 is 0. The minimum absolute atomic E-state index is 0.274. The highest BCUT2D eigenvalue weighted by Crippen LogP contribution is 2.49. The molecule has 0 aromatic heterocycles. The van der Waals surface area contributed by atoms with E-state index >= 15 is 0 Å². The Morgan fingerprint density at radius 2 is 1.00 bits per heavy atom. The van der Waals surface area contributed by atoms with Gasteiger partial charge in [0.2, 0.25) is 0 Å². The Morgan fingerprint density at radius 3 is 1.77 bits per heavy atom. The molecule has 0 aliphatic rings. The highest BCUT2D eigenvalue weighted by Gasteiger charge is 2.20. The van der Waals surface area contributed by atoms with Gasteiger partial charge in [-0.15, -0.1) is 0 Å². The van der Waals surface area contributed by atoms with Gasteiger partial charge in [-0.3, -0.25) is 0 Å². The van der Waals surface area contributed by atoms with Gasteiger partial charge in [0.25, 0.3) is 0 Å². The van der Waals surface area contributed by atoms with Crippen molar-refractivity contribution in [3.8, 4) is 11.5 Å². The van der Waals surface area contributed by atoms with E-state index in [1.807, 2.05) is 54.6 Å². The molecule has 0 saturated heterocycles. The second-order valence-electron chi connectivity index (χ2n) is 6.86. The summed E-state index contributed by atoms with van der Waals surface area (Å²) in [6.45, 7) is 0. The largest absolute Gasteiger partial charge is 0.507 e. The smallest absolute Gasteiger partial charge is 0.131 e. The van der Waals surface area contributed by atoms with Crippen LogP contribution in [0.25, 0.3) is 53.9 Å². The van der Waals surface area contributed by atoms with Crippen molar-refractivity contribution in [2.24, 2.45) is 0 Å². The molecule has 122 valence electrons. The van der Waals surface area contributed by atoms with Gasteiger partial charge in [0, 0.05) is 26.9 Å². The third-order valence-corrected chi connectivity index (χ3v) is 5.59. The molecule has 0 amide bonds. The molecule has 0 aliphatic carbocycles. The van der Waals surface area contributed by atoms with E-state index < -0.39 is 0 Å². The van der Waals surface area contributed by atoms with Crippen LogP contribution in [-0.2, 0) is 0 Å². The van der Waals surface area contributed by atoms with E-state index in [0.717, 1.165) is 53.9 Å². The molecule has 0 radical (unpaired) electrons. The quantitative estimate of drug-likeness (QED) is 0.253. The summed E-state index contributed by atoms with van der Waals surface area (Å²) in [6, 6.07) is 23.9. The van der Waals surface area contributed by atoms with Crippen LogP contribution in [0.2, 0.25) is 0 Å². The molecule has 26 heavy (non-hydrogen) atoms. The molecule has 6 aromatic carbocycles. The third kappa shape index (κ3) is 1.48. The van der Waals surface area contributed by atoms with Crippen molar-refractivity contribution in [2.75, 3.05) is 0 Å². The van der Waals surface area contributed by atoms with E-state index in [2.05, 4.69) is 12.1 Å². The van der Waals surface area contributed by atoms with Crippen LogP contribution < -0.4 is 0 Å². The zero-order chi connectivity index (χ0) is 17.4. The summed E-state index contributed by atoms with van der Waals surface area (Å²) >= 11 is 0. The third-order valence-electron chi connectivity index (χ3n) is 5.59. The van der Waals surface area contributed by atoms with Crippen LogP contribution in [0, 0.1) is 0 Å². The van der Waals surface area contributed by atoms with Gasteiger partial charge in [-0.05, 0) is 33.0 Å². The molecule has 0 unspecified atom stereocenters. The fourth-order valence-corrected chi connectivity index (χ4v) is 4.52. The summed E-state index contributed by atoms with van der Waals surface area (Å²) in [4.78, 5) is 0. The minimum atomic E-state index is 0.274. The van der Waals surface area contributed by atoms with Gasteiger partial charge in [-0.1, -0.05) is 66.7 Å². The van der Waals surface area contributed by atoms with E-state index in [0.29, 0.717) is 5.75 Å². The Balaban J connectivity index is 2.15. The topological polar surface area (TPSA) is 40.5 Å². The lowest BCUT2D eigenvalue weighted by atomic mass is 9.86. The fourth-order valence-electron chi connectivity index (χ4n) is 4.52. The maximum Gasteiger partial charge on any atom is 0.131 e. The van der Waals surface area contributed by atoms with E-state index in [1.165, 1.54) is 0 Å². The number of benzene rings is 6. The first-order chi connectivity index (χ1) is 12.8. The monoisotopic (exact) mass is 334 g/mol. The highest BCUT2D eigenvalue weighted by molar-refractivity contribution is 6.39. The Labute approximate surface area is 148 Å². The lowest BCUT2D eigenvalue weighted by Crippen LogP contribution is -1.90. The number of fused-ring (bicyclic) bond motifs is 5. The number of hydrogen-bond acceptors (Lipinski definition) is 2. The van der Waals surface area contributed by atoms with Crippen molar-refractivity contribution >= 4 is 53.9 Å². The van der Waals surface area contributed by atoms with Gasteiger partial charge < -0.3 is 10.2 Å². The van der Waals surface area contributed by atoms with Crippen molar-refractivity contribution in [3.63, 3.8) is 0 Å². The van der Waals surface area contributed by atoms with Gasteiger partial charge in [0.1, 0.15) is 11.5 Å². The number of phenols is 2. The van der Waals surface area contributed by atoms with Crippen molar-refractivity contribution in [1.29, 1.82) is 0 Å². The Kier molecular flexibility index (Phi) is 2.41. The van der Waals surface area contributed by atoms with Crippen LogP contribution in [0.3, 0.4) is 0 Å². The molecule has 2 heteroatoms. The van der Waals surface area contributed by atoms with Gasteiger partial charge in [-0.25, -0.2) is 0 Å². The molecule has 6 aromatic rings. The maximum atomic E-state index is 11.2. The van der Waals surface area contributed by atoms with Crippen LogP contribution >= 0.6 is 0 Å². The predicted molar refractivity (Wildman–Crippen MR) is 108 cm³/mol. The van der Waals surface area contributed by atoms with Crippen molar-refractivity contribution < 1.29 is 10.2 Å². The SMILES string of the molecule is Oc1ccc2ccc3c4ccccc4c(O)c4c5ccccc5c1c2c34. The maximum absolute atomic E-state index is 11.2. The van der Waals surface area contributed by atoms with E-state index in [1.54, 1.807) is 6.07 Å². The zero-order valence-electron chi connectivity index (χ0n) is 13.8. The first kappa shape index (κ1) is 13.7. The number of aromatic hydroxyl groups is 2. The minimum Gasteiger partial charge on any atom is -0.507 e. The summed E-state index contributed by atoms with van der Waals surface area (Å²) in [5.41, 5.74) is 0. The molecule has 6 rings (SSSR count). The van der Waals surface area contributed by atoms with Crippen LogP contribution in [0.1, 0.15) is 0 Å². The molecule has 2 N–H and O–H groups in total. The first-order valence-electron chi connectivity index (χ1n) is 8.67. The Hall–Kier alpha value is -3.52. The average Bonchev–Trinajstić information content (AvgIpc) is 2.69. The lowest BCUT2D eigenvalue weighted by Gasteiger charge is -2.18. The van der Waals surface area contributed by atoms with Crippen LogP contribution in [0.4, 0.5) is 0 Å². The van der Waals surface area contributed by atoms with E-state index in [9.17, 15) is 10.2 Å². The molecule has 0 fully saturated rings. The van der Waals surface area contributed by atoms with Crippen molar-refractivity contribution in [2.45, 2.75) is 0 Å². The fraction of sp³-hybridized carbons (Fsp3) is 0. The second-order valence-corrected chi connectivity index (χ2v) is 6.86. The lowest BCUT2D eigenvalue weighted by molar-refractivity contribution is 0.482. The number of hydrogen-bond donors (Lipinski definition) is 2. The van der Waals surface area contributed by atoms with Gasteiger partial charge in [-0.2, -0.15) is 0 Å². The standard InChI is InChI=1S/C24H14O2/c25-19-12-10-13-9-11-17-14-5-1-4-8-18(14)24(26)23-16-7-3-2-6-15(16)21(19)20(13)22(17)23/h1-12,25-26H. The van der Waals surface area contributed by atoms with E-state index in [4.69, 9.17) is 0 Å². The van der Waals surface area contributed by atoms with Gasteiger partial charge in [0.05, 0.1) is 0 Å². The van der Waals surface area contributed by atoms with Crippen molar-refractivity contribution in [3.05, 3.63) is 72.8 Å². The second kappa shape index (κ2) is 4.55. The van der Waals surface area contributed by atoms with Gasteiger partial charge in [0.15, 0.2) is 0 Å². The Morgan fingerprint density at radius 1 is 0.423 bits per heavy atom. The van der Waals surface area contributed by atoms with Crippen LogP contribution in [0.15, 0.2) is 72.8 Å². The summed E-state index contributed by atoms with van der Waals surface area (Å²) in [6.07, 6.45) is 0. The normalized spacial score (nSPS) is 12.2. The zero-order valence-corrected chi connectivity index (χ0v) is 13.8. The predicted octanol–water partition coefficient (Wildman–Crippen LogP) is 6.30. The van der Waals surface area contributed by atoms with Crippen LogP contribution in [0.5, 0.6) is 11.5 Å². The van der Waals surface area contributed by atoms with Crippen molar-refractivity contribution in [1.82, 2.24) is 0 Å². The molecule has 0 atom stereocenters. The molecule has 0 bridgehead atoms. The summed E-state index contributed by atoms with van der Waals surface area (Å²) in [5.74, 6) is 0.581. The molecular formula is C24H14O2. The van der Waals surface area contributed by atoms with Crippen LogP contribution in [-0.4, -0.2) is 10.2 Å². The molecule has 0 heterocycles. The molecule has 2 nitrogen and oxygen atoms in total. The molecular weight excluding hydrogens is 320 g/mol. The molecule has 0 aliphatic heterocycles. The number of rotatable bonds is 0. The summed E-state index contributed by atoms with van der Waals surface area (Å²) in [7, 11) is 0. The molecule has 0 saturated carbocycles.